The number of fused-ring (bicyclic) bond motifs is 2. The Bertz CT molecular complexity index is 1340. The van der Waals surface area contributed by atoms with E-state index in [4.69, 9.17) is 15.2 Å². The molecule has 2 aliphatic heterocycles. The van der Waals surface area contributed by atoms with Crippen LogP contribution in [0.1, 0.15) is 12.0 Å². The number of likely N-dealkylation sites (tertiary alicyclic amines) is 1. The smallest absolute Gasteiger partial charge is 0.413 e. The molecule has 0 spiro atoms. The van der Waals surface area contributed by atoms with Crippen molar-refractivity contribution in [3.8, 4) is 17.0 Å². The first-order valence-electron chi connectivity index (χ1n) is 11.4. The summed E-state index contributed by atoms with van der Waals surface area (Å²) in [6.45, 7) is 3.15. The molecule has 4 N–H and O–H groups in total. The highest BCUT2D eigenvalue weighted by molar-refractivity contribution is 5.99. The molecule has 0 saturated carbocycles. The molecule has 1 aromatic carbocycles. The Hall–Kier alpha value is -3.80. The van der Waals surface area contributed by atoms with Crippen molar-refractivity contribution in [1.29, 1.82) is 0 Å². The van der Waals surface area contributed by atoms with Crippen molar-refractivity contribution in [3.05, 3.63) is 35.9 Å². The van der Waals surface area contributed by atoms with Gasteiger partial charge in [-0.25, -0.2) is 27.9 Å². The van der Waals surface area contributed by atoms with Crippen LogP contribution in [0.15, 0.2) is 24.5 Å². The van der Waals surface area contributed by atoms with Crippen molar-refractivity contribution in [2.45, 2.75) is 31.9 Å². The van der Waals surface area contributed by atoms with Crippen molar-refractivity contribution < 1.29 is 27.4 Å². The van der Waals surface area contributed by atoms with Gasteiger partial charge in [0.1, 0.15) is 24.2 Å². The molecule has 3 aromatic rings. The number of nitrogens with two attached hydrogens (primary N) is 1. The van der Waals surface area contributed by atoms with Gasteiger partial charge in [0.25, 0.3) is 6.43 Å². The second-order valence-electron chi connectivity index (χ2n) is 8.92. The van der Waals surface area contributed by atoms with Crippen LogP contribution in [0.25, 0.3) is 21.9 Å². The summed E-state index contributed by atoms with van der Waals surface area (Å²) in [5, 5.41) is 6.65. The van der Waals surface area contributed by atoms with E-state index in [1.54, 1.807) is 19.2 Å². The van der Waals surface area contributed by atoms with Crippen molar-refractivity contribution in [3.63, 3.8) is 0 Å². The van der Waals surface area contributed by atoms with Crippen LogP contribution in [-0.2, 0) is 4.74 Å². The lowest BCUT2D eigenvalue weighted by Crippen LogP contribution is -2.31. The molecule has 0 aliphatic carbocycles. The number of nitrogens with zero attached hydrogens (tertiary/aromatic N) is 3. The number of aromatic nitrogens is 2. The minimum atomic E-state index is -2.52. The molecule has 36 heavy (non-hydrogen) atoms. The first-order chi connectivity index (χ1) is 17.2. The number of nitrogens with one attached hydrogen (secondary N) is 2. The van der Waals surface area contributed by atoms with Gasteiger partial charge >= 0.3 is 6.09 Å². The number of amides is 1. The average Bonchev–Trinajstić information content (AvgIpc) is 3.22. The average molecular weight is 502 g/mol. The molecule has 5 rings (SSSR count). The van der Waals surface area contributed by atoms with Crippen molar-refractivity contribution in [2.75, 3.05) is 43.1 Å². The molecule has 0 bridgehead atoms. The lowest BCUT2D eigenvalue weighted by Gasteiger charge is -2.22. The third kappa shape index (κ3) is 4.32. The Morgan fingerprint density at radius 2 is 2.11 bits per heavy atom. The van der Waals surface area contributed by atoms with E-state index < -0.39 is 30.5 Å². The number of hydrogen-bond donors (Lipinski definition) is 3. The van der Waals surface area contributed by atoms with E-state index in [0.29, 0.717) is 41.1 Å². The van der Waals surface area contributed by atoms with E-state index in [1.807, 2.05) is 6.92 Å². The summed E-state index contributed by atoms with van der Waals surface area (Å²) in [5.74, 6) is 0.000651. The second kappa shape index (κ2) is 9.34. The van der Waals surface area contributed by atoms with Gasteiger partial charge in [0, 0.05) is 48.4 Å². The van der Waals surface area contributed by atoms with Crippen LogP contribution in [0.4, 0.5) is 35.2 Å². The van der Waals surface area contributed by atoms with Crippen LogP contribution in [0.3, 0.4) is 0 Å². The number of nitrogen functional groups attached to an aromatic ring is 1. The standard InChI is InChI=1S/C24H25F3N6O3/c1-11-15(8-31-23-21(11)29-3-4-35-23)14-5-12-6-18(30-9-16(12)20(28)19(14)25)32-24(34)36-13-7-17(22(26)27)33(2)10-13/h5-6,8-9,13,17,22,29H,3-4,7,10,28H2,1-2H3,(H,30,32,34). The molecule has 1 saturated heterocycles. The molecule has 2 unspecified atom stereocenters. The van der Waals surface area contributed by atoms with Crippen LogP contribution in [-0.4, -0.2) is 66.3 Å². The highest BCUT2D eigenvalue weighted by Gasteiger charge is 2.37. The molecule has 2 atom stereocenters. The Morgan fingerprint density at radius 1 is 1.31 bits per heavy atom. The predicted molar refractivity (Wildman–Crippen MR) is 129 cm³/mol. The van der Waals surface area contributed by atoms with Crippen LogP contribution in [0.5, 0.6) is 5.88 Å². The minimum Gasteiger partial charge on any atom is -0.474 e. The summed E-state index contributed by atoms with van der Waals surface area (Å²) in [7, 11) is 1.56. The zero-order chi connectivity index (χ0) is 25.6. The topological polar surface area (TPSA) is 115 Å². The van der Waals surface area contributed by atoms with Gasteiger partial charge in [-0.3, -0.25) is 10.2 Å². The van der Waals surface area contributed by atoms with Gasteiger partial charge in [0.2, 0.25) is 5.88 Å². The molecular formula is C24H25F3N6O3. The Labute approximate surface area is 204 Å². The molecule has 12 heteroatoms. The quantitative estimate of drug-likeness (QED) is 0.459. The molecule has 2 aliphatic rings. The summed E-state index contributed by atoms with van der Waals surface area (Å²) >= 11 is 0. The van der Waals surface area contributed by atoms with E-state index in [1.165, 1.54) is 17.3 Å². The van der Waals surface area contributed by atoms with Gasteiger partial charge in [0.15, 0.2) is 5.82 Å². The number of alkyl halides is 2. The van der Waals surface area contributed by atoms with Crippen molar-refractivity contribution in [2.24, 2.45) is 0 Å². The summed E-state index contributed by atoms with van der Waals surface area (Å²) in [4.78, 5) is 22.3. The second-order valence-corrected chi connectivity index (χ2v) is 8.92. The van der Waals surface area contributed by atoms with E-state index in [9.17, 15) is 13.6 Å². The number of anilines is 3. The van der Waals surface area contributed by atoms with E-state index >= 15 is 4.39 Å². The highest BCUT2D eigenvalue weighted by Crippen LogP contribution is 2.39. The molecule has 1 amide bonds. The lowest BCUT2D eigenvalue weighted by atomic mass is 9.97. The summed E-state index contributed by atoms with van der Waals surface area (Å²) in [6.07, 6.45) is -1.06. The normalized spacial score (nSPS) is 19.6. The first-order valence-corrected chi connectivity index (χ1v) is 11.4. The number of rotatable bonds is 4. The lowest BCUT2D eigenvalue weighted by molar-refractivity contribution is 0.0579. The zero-order valence-electron chi connectivity index (χ0n) is 19.6. The number of carbonyl (C=O) groups excluding carboxylic acids is 1. The Kier molecular flexibility index (Phi) is 6.20. The number of hydrogen-bond acceptors (Lipinski definition) is 8. The maximum atomic E-state index is 15.3. The van der Waals surface area contributed by atoms with Crippen molar-refractivity contribution in [1.82, 2.24) is 14.9 Å². The third-order valence-electron chi connectivity index (χ3n) is 6.59. The molecule has 1 fully saturated rings. The van der Waals surface area contributed by atoms with Gasteiger partial charge in [-0.15, -0.1) is 0 Å². The highest BCUT2D eigenvalue weighted by atomic mass is 19.3. The van der Waals surface area contributed by atoms with Crippen molar-refractivity contribution >= 4 is 34.1 Å². The fraction of sp³-hybridized carbons (Fsp3) is 0.375. The van der Waals surface area contributed by atoms with E-state index in [0.717, 1.165) is 5.56 Å². The number of halogens is 3. The van der Waals surface area contributed by atoms with Crippen LogP contribution in [0.2, 0.25) is 0 Å². The third-order valence-corrected chi connectivity index (χ3v) is 6.59. The van der Waals surface area contributed by atoms with E-state index in [-0.39, 0.29) is 30.0 Å². The maximum Gasteiger partial charge on any atom is 0.413 e. The number of carbonyl (C=O) groups is 1. The van der Waals surface area contributed by atoms with Crippen LogP contribution >= 0.6 is 0 Å². The summed E-state index contributed by atoms with van der Waals surface area (Å²) in [6, 6.07) is 2.20. The molecule has 190 valence electrons. The SMILES string of the molecule is Cc1c(-c2cc3cc(NC(=O)OC4CC(C(F)F)N(C)C4)ncc3c(N)c2F)cnc2c1NCCO2. The van der Waals surface area contributed by atoms with Gasteiger partial charge in [-0.2, -0.15) is 0 Å². The van der Waals surface area contributed by atoms with Crippen LogP contribution in [0, 0.1) is 12.7 Å². The fourth-order valence-corrected chi connectivity index (χ4v) is 4.70. The predicted octanol–water partition coefficient (Wildman–Crippen LogP) is 4.02. The van der Waals surface area contributed by atoms with Gasteiger partial charge in [0.05, 0.1) is 11.7 Å². The molecular weight excluding hydrogens is 477 g/mol. The number of benzene rings is 1. The maximum absolute atomic E-state index is 15.3. The van der Waals surface area contributed by atoms with Gasteiger partial charge < -0.3 is 20.5 Å². The van der Waals surface area contributed by atoms with E-state index in [2.05, 4.69) is 20.6 Å². The molecule has 4 heterocycles. The first kappa shape index (κ1) is 23.9. The minimum absolute atomic E-state index is 0.0416. The number of likely N-dealkylation sites (N-methyl/N-ethyl adjacent to an activating group) is 1. The van der Waals surface area contributed by atoms with Gasteiger partial charge in [-0.1, -0.05) is 0 Å². The largest absolute Gasteiger partial charge is 0.474 e. The Morgan fingerprint density at radius 3 is 2.86 bits per heavy atom. The summed E-state index contributed by atoms with van der Waals surface area (Å²) < 4.78 is 52.3. The molecule has 9 nitrogen and oxygen atoms in total. The van der Waals surface area contributed by atoms with Gasteiger partial charge in [-0.05, 0) is 37.1 Å². The van der Waals surface area contributed by atoms with Crippen LogP contribution < -0.4 is 21.1 Å². The molecule has 0 radical (unpaired) electrons. The fourth-order valence-electron chi connectivity index (χ4n) is 4.70. The Balaban J connectivity index is 1.41. The number of ether oxygens (including phenoxy) is 2. The molecule has 2 aromatic heterocycles. The monoisotopic (exact) mass is 502 g/mol. The number of pyridine rings is 2. The zero-order valence-corrected chi connectivity index (χ0v) is 19.6. The summed E-state index contributed by atoms with van der Waals surface area (Å²) in [5.41, 5.74) is 8.26.